The molecule has 0 saturated carbocycles. The van der Waals surface area contributed by atoms with E-state index in [-0.39, 0.29) is 45.6 Å². The quantitative estimate of drug-likeness (QED) is 0.271. The Bertz CT molecular complexity index is 285. The zero-order chi connectivity index (χ0) is 18.6. The lowest BCUT2D eigenvalue weighted by atomic mass is 10.1. The molecule has 0 rings (SSSR count). The molecule has 0 aromatic heterocycles. The highest BCUT2D eigenvalue weighted by molar-refractivity contribution is 5.69. The van der Waals surface area contributed by atoms with Crippen LogP contribution in [-0.2, 0) is 19.0 Å². The van der Waals surface area contributed by atoms with Gasteiger partial charge in [0.1, 0.15) is 12.7 Å². The molecular weight excluding hydrogens is 324 g/mol. The molecule has 0 aliphatic rings. The minimum Gasteiger partial charge on any atom is -0.463 e. The van der Waals surface area contributed by atoms with Gasteiger partial charge in [-0.3, -0.25) is 4.79 Å². The molecule has 0 aromatic rings. The van der Waals surface area contributed by atoms with Gasteiger partial charge in [0.2, 0.25) is 0 Å². The summed E-state index contributed by atoms with van der Waals surface area (Å²) in [6.45, 7) is 3.09. The fraction of sp³-hybridized carbons (Fsp3) is 0.947. The Morgan fingerprint density at radius 3 is 2.00 bits per heavy atom. The molecular formula is C19H38O6. The highest BCUT2D eigenvalue weighted by Gasteiger charge is 2.05. The van der Waals surface area contributed by atoms with E-state index in [1.54, 1.807) is 0 Å². The topological polar surface area (TPSA) is 85.2 Å². The molecule has 25 heavy (non-hydrogen) atoms. The molecule has 0 bridgehead atoms. The van der Waals surface area contributed by atoms with E-state index in [4.69, 9.17) is 19.3 Å². The van der Waals surface area contributed by atoms with Crippen molar-refractivity contribution in [1.82, 2.24) is 0 Å². The fourth-order valence-corrected chi connectivity index (χ4v) is 2.42. The molecule has 0 aliphatic heterocycles. The molecule has 150 valence electrons. The Morgan fingerprint density at radius 1 is 0.840 bits per heavy atom. The van der Waals surface area contributed by atoms with Gasteiger partial charge >= 0.3 is 5.97 Å². The Balaban J connectivity index is 3.25. The number of hydrogen-bond acceptors (Lipinski definition) is 6. The minimum atomic E-state index is -0.732. The first kappa shape index (κ1) is 24.3. The zero-order valence-corrected chi connectivity index (χ0v) is 15.9. The first-order valence-corrected chi connectivity index (χ1v) is 9.80. The van der Waals surface area contributed by atoms with E-state index in [1.807, 2.05) is 0 Å². The van der Waals surface area contributed by atoms with E-state index in [2.05, 4.69) is 6.92 Å². The maximum atomic E-state index is 11.6. The lowest BCUT2D eigenvalue weighted by Crippen LogP contribution is -2.23. The van der Waals surface area contributed by atoms with Crippen LogP contribution in [0.1, 0.15) is 71.1 Å². The van der Waals surface area contributed by atoms with Crippen molar-refractivity contribution in [2.45, 2.75) is 77.2 Å². The molecule has 1 unspecified atom stereocenters. The SMILES string of the molecule is CCCCCCCCCCCC(=O)OCCOCC(O)COCCO. The third-order valence-corrected chi connectivity index (χ3v) is 3.83. The van der Waals surface area contributed by atoms with Crippen LogP contribution in [0.5, 0.6) is 0 Å². The number of aliphatic hydroxyl groups is 2. The molecule has 0 fully saturated rings. The van der Waals surface area contributed by atoms with Gasteiger partial charge in [0.15, 0.2) is 0 Å². The summed E-state index contributed by atoms with van der Waals surface area (Å²) < 4.78 is 15.3. The van der Waals surface area contributed by atoms with Gasteiger partial charge in [-0.05, 0) is 6.42 Å². The van der Waals surface area contributed by atoms with Gasteiger partial charge in [-0.15, -0.1) is 0 Å². The summed E-state index contributed by atoms with van der Waals surface area (Å²) in [7, 11) is 0. The van der Waals surface area contributed by atoms with E-state index < -0.39 is 6.10 Å². The van der Waals surface area contributed by atoms with Crippen molar-refractivity contribution in [3.05, 3.63) is 0 Å². The summed E-state index contributed by atoms with van der Waals surface area (Å²) in [5, 5.41) is 18.0. The molecule has 6 heteroatoms. The van der Waals surface area contributed by atoms with Crippen molar-refractivity contribution >= 4 is 5.97 Å². The van der Waals surface area contributed by atoms with Crippen LogP contribution in [0.4, 0.5) is 0 Å². The second kappa shape index (κ2) is 19.6. The van der Waals surface area contributed by atoms with Gasteiger partial charge in [-0.2, -0.15) is 0 Å². The summed E-state index contributed by atoms with van der Waals surface area (Å²) in [6.07, 6.45) is 10.8. The molecule has 0 spiro atoms. The first-order chi connectivity index (χ1) is 12.2. The third kappa shape index (κ3) is 19.5. The Hall–Kier alpha value is -0.690. The number of rotatable bonds is 19. The lowest BCUT2D eigenvalue weighted by molar-refractivity contribution is -0.145. The van der Waals surface area contributed by atoms with Crippen molar-refractivity contribution in [2.24, 2.45) is 0 Å². The van der Waals surface area contributed by atoms with E-state index in [0.717, 1.165) is 12.8 Å². The van der Waals surface area contributed by atoms with Crippen LogP contribution in [0.3, 0.4) is 0 Å². The van der Waals surface area contributed by atoms with Gasteiger partial charge in [0.25, 0.3) is 0 Å². The van der Waals surface area contributed by atoms with Gasteiger partial charge in [0, 0.05) is 6.42 Å². The van der Waals surface area contributed by atoms with Crippen LogP contribution in [0.15, 0.2) is 0 Å². The van der Waals surface area contributed by atoms with Crippen molar-refractivity contribution in [1.29, 1.82) is 0 Å². The van der Waals surface area contributed by atoms with Crippen molar-refractivity contribution in [3.8, 4) is 0 Å². The minimum absolute atomic E-state index is 0.0670. The van der Waals surface area contributed by atoms with E-state index >= 15 is 0 Å². The molecule has 2 N–H and O–H groups in total. The van der Waals surface area contributed by atoms with Crippen LogP contribution in [0.2, 0.25) is 0 Å². The van der Waals surface area contributed by atoms with Gasteiger partial charge in [-0.1, -0.05) is 58.3 Å². The number of ether oxygens (including phenoxy) is 3. The summed E-state index contributed by atoms with van der Waals surface area (Å²) in [5.41, 5.74) is 0. The van der Waals surface area contributed by atoms with Gasteiger partial charge in [0.05, 0.1) is 33.0 Å². The summed E-state index contributed by atoms with van der Waals surface area (Å²) >= 11 is 0. The molecule has 0 aromatic carbocycles. The van der Waals surface area contributed by atoms with Gasteiger partial charge in [-0.25, -0.2) is 0 Å². The number of aliphatic hydroxyl groups excluding tert-OH is 2. The maximum Gasteiger partial charge on any atom is 0.305 e. The van der Waals surface area contributed by atoms with E-state index in [9.17, 15) is 9.90 Å². The Morgan fingerprint density at radius 2 is 1.40 bits per heavy atom. The Kier molecular flexibility index (Phi) is 19.1. The van der Waals surface area contributed by atoms with Crippen LogP contribution in [0.25, 0.3) is 0 Å². The molecule has 0 aliphatic carbocycles. The van der Waals surface area contributed by atoms with Crippen molar-refractivity contribution < 1.29 is 29.2 Å². The maximum absolute atomic E-state index is 11.6. The standard InChI is InChI=1S/C19H38O6/c1-2-3-4-5-6-7-8-9-10-11-19(22)25-15-14-24-17-18(21)16-23-13-12-20/h18,20-21H,2-17H2,1H3. The lowest BCUT2D eigenvalue weighted by Gasteiger charge is -2.11. The molecule has 0 saturated heterocycles. The van der Waals surface area contributed by atoms with Crippen LogP contribution in [-0.4, -0.2) is 61.9 Å². The molecule has 6 nitrogen and oxygen atoms in total. The highest BCUT2D eigenvalue weighted by atomic mass is 16.6. The van der Waals surface area contributed by atoms with Crippen LogP contribution in [0, 0.1) is 0 Å². The predicted octanol–water partition coefficient (Wildman–Crippen LogP) is 2.84. The highest BCUT2D eigenvalue weighted by Crippen LogP contribution is 2.10. The molecule has 0 radical (unpaired) electrons. The second-order valence-electron chi connectivity index (χ2n) is 6.33. The number of esters is 1. The zero-order valence-electron chi connectivity index (χ0n) is 15.9. The summed E-state index contributed by atoms with van der Waals surface area (Å²) in [5.74, 6) is -0.182. The van der Waals surface area contributed by atoms with E-state index in [1.165, 1.54) is 44.9 Å². The molecule has 1 atom stereocenters. The number of hydrogen-bond donors (Lipinski definition) is 2. The largest absolute Gasteiger partial charge is 0.463 e. The predicted molar refractivity (Wildman–Crippen MR) is 97.5 cm³/mol. The molecule has 0 amide bonds. The van der Waals surface area contributed by atoms with Crippen LogP contribution >= 0.6 is 0 Å². The smallest absolute Gasteiger partial charge is 0.305 e. The third-order valence-electron chi connectivity index (χ3n) is 3.83. The fourth-order valence-electron chi connectivity index (χ4n) is 2.42. The average Bonchev–Trinajstić information content (AvgIpc) is 2.60. The summed E-state index contributed by atoms with van der Waals surface area (Å²) in [4.78, 5) is 11.6. The molecule has 0 heterocycles. The van der Waals surface area contributed by atoms with Crippen molar-refractivity contribution in [3.63, 3.8) is 0 Å². The Labute approximate surface area is 152 Å². The van der Waals surface area contributed by atoms with E-state index in [0.29, 0.717) is 6.42 Å². The normalized spacial score (nSPS) is 12.3. The number of carbonyl (C=O) groups excluding carboxylic acids is 1. The average molecular weight is 363 g/mol. The first-order valence-electron chi connectivity index (χ1n) is 9.80. The van der Waals surface area contributed by atoms with Crippen LogP contribution < -0.4 is 0 Å². The van der Waals surface area contributed by atoms with Crippen molar-refractivity contribution in [2.75, 3.05) is 39.6 Å². The summed E-state index contributed by atoms with van der Waals surface area (Å²) in [6, 6.07) is 0. The van der Waals surface area contributed by atoms with Gasteiger partial charge < -0.3 is 24.4 Å². The number of unbranched alkanes of at least 4 members (excludes halogenated alkanes) is 8. The number of carbonyl (C=O) groups is 1. The second-order valence-corrected chi connectivity index (χ2v) is 6.33. The monoisotopic (exact) mass is 362 g/mol.